The summed E-state index contributed by atoms with van der Waals surface area (Å²) in [6.07, 6.45) is 8.12. The lowest BCUT2D eigenvalue weighted by molar-refractivity contribution is -0.255. The van der Waals surface area contributed by atoms with Crippen molar-refractivity contribution in [3.8, 4) is 0 Å². The number of ether oxygens (including phenoxy) is 1. The molecule has 0 unspecified atom stereocenters. The molecule has 0 saturated carbocycles. The van der Waals surface area contributed by atoms with Crippen molar-refractivity contribution >= 4 is 6.16 Å². The maximum Gasteiger partial charge on any atom is 0.540 e. The van der Waals surface area contributed by atoms with Gasteiger partial charge >= 0.3 is 6.16 Å². The van der Waals surface area contributed by atoms with Gasteiger partial charge in [-0.2, -0.15) is 4.89 Å². The van der Waals surface area contributed by atoms with Gasteiger partial charge in [0.15, 0.2) is 0 Å². The molecule has 0 N–H and O–H groups in total. The minimum atomic E-state index is -0.748. The van der Waals surface area contributed by atoms with Crippen molar-refractivity contribution in [1.82, 2.24) is 0 Å². The lowest BCUT2D eigenvalue weighted by Crippen LogP contribution is -2.09. The Bertz CT molecular complexity index is 189. The fourth-order valence-electron chi connectivity index (χ4n) is 1.00. The molecule has 0 aliphatic heterocycles. The minimum absolute atomic E-state index is 0.389. The second-order valence-electron chi connectivity index (χ2n) is 3.42. The van der Waals surface area contributed by atoms with Gasteiger partial charge in [-0.1, -0.05) is 25.5 Å². The molecule has 0 atom stereocenters. The molecule has 0 rings (SSSR count). The van der Waals surface area contributed by atoms with Crippen molar-refractivity contribution in [3.05, 3.63) is 12.2 Å². The molecule has 0 amide bonds. The molecule has 94 valence electrons. The molecule has 0 heterocycles. The highest BCUT2D eigenvalue weighted by atomic mass is 17.2. The molecule has 0 aromatic rings. The Labute approximate surface area is 97.5 Å². The van der Waals surface area contributed by atoms with Crippen molar-refractivity contribution in [2.75, 3.05) is 13.2 Å². The lowest BCUT2D eigenvalue weighted by atomic mass is 10.2. The van der Waals surface area contributed by atoms with E-state index >= 15 is 0 Å². The Morgan fingerprint density at radius 2 is 2.00 bits per heavy atom. The smallest absolute Gasteiger partial charge is 0.432 e. The second kappa shape index (κ2) is 12.0. The topological polar surface area (TPSA) is 44.8 Å². The van der Waals surface area contributed by atoms with Crippen molar-refractivity contribution in [2.45, 2.75) is 46.0 Å². The van der Waals surface area contributed by atoms with Gasteiger partial charge in [0, 0.05) is 0 Å². The predicted molar refractivity (Wildman–Crippen MR) is 62.0 cm³/mol. The summed E-state index contributed by atoms with van der Waals surface area (Å²) >= 11 is 0. The van der Waals surface area contributed by atoms with E-state index in [2.05, 4.69) is 11.0 Å². The molecule has 0 bridgehead atoms. The first-order valence-electron chi connectivity index (χ1n) is 5.88. The first-order valence-corrected chi connectivity index (χ1v) is 5.88. The van der Waals surface area contributed by atoms with E-state index in [1.165, 1.54) is 0 Å². The number of carbonyl (C=O) groups is 1. The predicted octanol–water partition coefficient (Wildman–Crippen LogP) is 3.62. The molecule has 0 spiro atoms. The summed E-state index contributed by atoms with van der Waals surface area (Å²) < 4.78 is 4.73. The molecule has 4 nitrogen and oxygen atoms in total. The van der Waals surface area contributed by atoms with Crippen LogP contribution in [0.2, 0.25) is 0 Å². The summed E-state index contributed by atoms with van der Waals surface area (Å²) in [5.41, 5.74) is 0. The van der Waals surface area contributed by atoms with Crippen LogP contribution in [0, 0.1) is 0 Å². The highest BCUT2D eigenvalue weighted by molar-refractivity contribution is 5.58. The van der Waals surface area contributed by atoms with Crippen LogP contribution >= 0.6 is 0 Å². The van der Waals surface area contributed by atoms with E-state index < -0.39 is 6.16 Å². The van der Waals surface area contributed by atoms with Crippen LogP contribution in [-0.4, -0.2) is 19.4 Å². The van der Waals surface area contributed by atoms with Crippen molar-refractivity contribution in [2.24, 2.45) is 0 Å². The molecule has 0 aromatic heterocycles. The third-order valence-electron chi connectivity index (χ3n) is 1.93. The number of unbranched alkanes of at least 4 members (excludes halogenated alkanes) is 3. The fraction of sp³-hybridized carbons (Fsp3) is 0.750. The maximum atomic E-state index is 10.9. The Hall–Kier alpha value is -1.03. The van der Waals surface area contributed by atoms with Gasteiger partial charge in [-0.3, -0.25) is 4.89 Å². The summed E-state index contributed by atoms with van der Waals surface area (Å²) in [7, 11) is 0. The summed E-state index contributed by atoms with van der Waals surface area (Å²) in [6.45, 7) is 4.82. The first kappa shape index (κ1) is 15.0. The number of hydrogen-bond donors (Lipinski definition) is 0. The van der Waals surface area contributed by atoms with Gasteiger partial charge in [0.25, 0.3) is 0 Å². The maximum absolute atomic E-state index is 10.9. The Morgan fingerprint density at radius 1 is 1.19 bits per heavy atom. The zero-order chi connectivity index (χ0) is 12.1. The molecule has 0 radical (unpaired) electrons. The van der Waals surface area contributed by atoms with Crippen LogP contribution in [0.1, 0.15) is 46.0 Å². The van der Waals surface area contributed by atoms with E-state index in [0.29, 0.717) is 13.2 Å². The highest BCUT2D eigenvalue weighted by Gasteiger charge is 2.03. The van der Waals surface area contributed by atoms with E-state index in [1.807, 2.05) is 19.9 Å². The molecular formula is C12H22O4. The summed E-state index contributed by atoms with van der Waals surface area (Å²) in [5.74, 6) is 0. The Morgan fingerprint density at radius 3 is 2.69 bits per heavy atom. The van der Waals surface area contributed by atoms with Crippen molar-refractivity contribution in [3.63, 3.8) is 0 Å². The van der Waals surface area contributed by atoms with Crippen LogP contribution in [0.4, 0.5) is 4.79 Å². The SMILES string of the molecule is CC=CCCCCOOC(=O)OCCCC. The zero-order valence-corrected chi connectivity index (χ0v) is 10.2. The minimum Gasteiger partial charge on any atom is -0.432 e. The molecule has 0 saturated heterocycles. The third-order valence-corrected chi connectivity index (χ3v) is 1.93. The van der Waals surface area contributed by atoms with Gasteiger partial charge in [-0.15, -0.1) is 0 Å². The second-order valence-corrected chi connectivity index (χ2v) is 3.42. The number of allylic oxidation sites excluding steroid dienone is 2. The van der Waals surface area contributed by atoms with Crippen LogP contribution in [0.15, 0.2) is 12.2 Å². The van der Waals surface area contributed by atoms with Crippen LogP contribution < -0.4 is 0 Å². The standard InChI is InChI=1S/C12H22O4/c1-3-5-7-8-9-11-15-16-12(13)14-10-6-4-2/h3,5H,4,6-11H2,1-2H3. The number of rotatable bonds is 9. The van der Waals surface area contributed by atoms with Crippen LogP contribution in [-0.2, 0) is 14.5 Å². The Balaban J connectivity index is 3.15. The van der Waals surface area contributed by atoms with E-state index in [0.717, 1.165) is 32.1 Å². The van der Waals surface area contributed by atoms with E-state index in [-0.39, 0.29) is 0 Å². The number of carbonyl (C=O) groups excluding carboxylic acids is 1. The van der Waals surface area contributed by atoms with Gasteiger partial charge in [0.2, 0.25) is 0 Å². The van der Waals surface area contributed by atoms with Gasteiger partial charge < -0.3 is 4.74 Å². The van der Waals surface area contributed by atoms with Gasteiger partial charge in [0.05, 0.1) is 13.2 Å². The monoisotopic (exact) mass is 230 g/mol. The third kappa shape index (κ3) is 11.0. The molecule has 4 heteroatoms. The number of hydrogen-bond acceptors (Lipinski definition) is 4. The van der Waals surface area contributed by atoms with E-state index in [9.17, 15) is 4.79 Å². The first-order chi connectivity index (χ1) is 7.81. The van der Waals surface area contributed by atoms with Gasteiger partial charge in [-0.25, -0.2) is 4.79 Å². The van der Waals surface area contributed by atoms with Crippen LogP contribution in [0.25, 0.3) is 0 Å². The average molecular weight is 230 g/mol. The summed E-state index contributed by atoms with van der Waals surface area (Å²) in [4.78, 5) is 20.0. The normalized spacial score (nSPS) is 10.6. The molecular weight excluding hydrogens is 208 g/mol. The average Bonchev–Trinajstić information content (AvgIpc) is 2.28. The largest absolute Gasteiger partial charge is 0.540 e. The summed E-state index contributed by atoms with van der Waals surface area (Å²) in [6, 6.07) is 0. The van der Waals surface area contributed by atoms with E-state index in [4.69, 9.17) is 9.62 Å². The quantitative estimate of drug-likeness (QED) is 0.199. The Kier molecular flexibility index (Phi) is 11.3. The molecule has 0 fully saturated rings. The fourth-order valence-corrected chi connectivity index (χ4v) is 1.00. The van der Waals surface area contributed by atoms with Crippen molar-refractivity contribution in [1.29, 1.82) is 0 Å². The zero-order valence-electron chi connectivity index (χ0n) is 10.2. The van der Waals surface area contributed by atoms with Gasteiger partial charge in [-0.05, 0) is 32.6 Å². The van der Waals surface area contributed by atoms with Crippen LogP contribution in [0.5, 0.6) is 0 Å². The molecule has 0 aromatic carbocycles. The van der Waals surface area contributed by atoms with Gasteiger partial charge in [0.1, 0.15) is 0 Å². The van der Waals surface area contributed by atoms with Crippen molar-refractivity contribution < 1.29 is 19.3 Å². The molecule has 16 heavy (non-hydrogen) atoms. The lowest BCUT2D eigenvalue weighted by Gasteiger charge is -2.03. The van der Waals surface area contributed by atoms with E-state index in [1.54, 1.807) is 0 Å². The molecule has 0 aliphatic carbocycles. The molecule has 0 aliphatic rings. The van der Waals surface area contributed by atoms with Crippen LogP contribution in [0.3, 0.4) is 0 Å². The highest BCUT2D eigenvalue weighted by Crippen LogP contribution is 1.98. The summed E-state index contributed by atoms with van der Waals surface area (Å²) in [5, 5.41) is 0.